The van der Waals surface area contributed by atoms with Crippen LogP contribution in [0.5, 0.6) is 0 Å². The van der Waals surface area contributed by atoms with Crippen LogP contribution in [0.1, 0.15) is 28.4 Å². The van der Waals surface area contributed by atoms with Crippen LogP contribution < -0.4 is 0 Å². The van der Waals surface area contributed by atoms with E-state index in [1.54, 1.807) is 6.92 Å². The predicted molar refractivity (Wildman–Crippen MR) is 64.2 cm³/mol. The summed E-state index contributed by atoms with van der Waals surface area (Å²) < 4.78 is 4.97. The van der Waals surface area contributed by atoms with Gasteiger partial charge in [0.2, 0.25) is 0 Å². The Balaban J connectivity index is 2.94. The van der Waals surface area contributed by atoms with Gasteiger partial charge < -0.3 is 4.74 Å². The van der Waals surface area contributed by atoms with E-state index < -0.39 is 0 Å². The highest BCUT2D eigenvalue weighted by Gasteiger charge is 2.19. The van der Waals surface area contributed by atoms with Crippen molar-refractivity contribution in [2.24, 2.45) is 0 Å². The molecule has 0 aromatic heterocycles. The highest BCUT2D eigenvalue weighted by atomic mass is 79.9. The number of aryl methyl sites for hydroxylation is 2. The molecule has 0 bridgehead atoms. The molecule has 1 aromatic carbocycles. The number of hydrogen-bond donors (Lipinski definition) is 0. The van der Waals surface area contributed by atoms with Crippen LogP contribution >= 0.6 is 15.9 Å². The maximum atomic E-state index is 11.5. The van der Waals surface area contributed by atoms with Gasteiger partial charge in [-0.3, -0.25) is 4.79 Å². The number of alkyl halides is 1. The lowest BCUT2D eigenvalue weighted by atomic mass is 10.0. The first-order valence-electron chi connectivity index (χ1n) is 4.94. The van der Waals surface area contributed by atoms with Crippen LogP contribution in [0.3, 0.4) is 0 Å². The van der Waals surface area contributed by atoms with Crippen LogP contribution in [0.2, 0.25) is 0 Å². The molecule has 0 spiro atoms. The van der Waals surface area contributed by atoms with Crippen molar-refractivity contribution in [2.45, 2.75) is 25.6 Å². The number of carbonyl (C=O) groups is 1. The number of halogens is 1. The Morgan fingerprint density at radius 2 is 2.13 bits per heavy atom. The molecule has 0 N–H and O–H groups in total. The van der Waals surface area contributed by atoms with Crippen molar-refractivity contribution >= 4 is 21.9 Å². The fraction of sp³-hybridized carbons (Fsp3) is 0.417. The van der Waals surface area contributed by atoms with Gasteiger partial charge in [0.1, 0.15) is 4.83 Å². The second kappa shape index (κ2) is 5.31. The summed E-state index contributed by atoms with van der Waals surface area (Å²) in [6, 6.07) is 6.05. The first kappa shape index (κ1) is 12.2. The highest BCUT2D eigenvalue weighted by Crippen LogP contribution is 2.27. The van der Waals surface area contributed by atoms with E-state index in [0.717, 1.165) is 16.7 Å². The standard InChI is InChI=1S/C12H15BrO2/c1-4-15-12(14)11(13)10-7-8(2)5-6-9(10)3/h5-7,11H,4H2,1-3H3. The molecule has 0 amide bonds. The van der Waals surface area contributed by atoms with Gasteiger partial charge in [-0.05, 0) is 31.9 Å². The number of esters is 1. The lowest BCUT2D eigenvalue weighted by Crippen LogP contribution is -2.11. The average Bonchev–Trinajstić information content (AvgIpc) is 2.21. The average molecular weight is 271 g/mol. The lowest BCUT2D eigenvalue weighted by molar-refractivity contribution is -0.142. The maximum absolute atomic E-state index is 11.5. The molecule has 0 fully saturated rings. The van der Waals surface area contributed by atoms with Gasteiger partial charge in [-0.2, -0.15) is 0 Å². The molecular formula is C12H15BrO2. The molecule has 1 atom stereocenters. The van der Waals surface area contributed by atoms with Crippen molar-refractivity contribution in [1.29, 1.82) is 0 Å². The van der Waals surface area contributed by atoms with Crippen LogP contribution in [-0.4, -0.2) is 12.6 Å². The smallest absolute Gasteiger partial charge is 0.324 e. The molecular weight excluding hydrogens is 256 g/mol. The van der Waals surface area contributed by atoms with Gasteiger partial charge in [0.25, 0.3) is 0 Å². The van der Waals surface area contributed by atoms with E-state index >= 15 is 0 Å². The zero-order valence-corrected chi connectivity index (χ0v) is 10.8. The monoisotopic (exact) mass is 270 g/mol. The molecule has 15 heavy (non-hydrogen) atoms. The zero-order chi connectivity index (χ0) is 11.4. The van der Waals surface area contributed by atoms with E-state index in [4.69, 9.17) is 4.74 Å². The van der Waals surface area contributed by atoms with Crippen LogP contribution in [0.25, 0.3) is 0 Å². The van der Waals surface area contributed by atoms with Crippen molar-refractivity contribution in [3.8, 4) is 0 Å². The molecule has 0 saturated heterocycles. The van der Waals surface area contributed by atoms with Gasteiger partial charge in [0.05, 0.1) is 6.61 Å². The van der Waals surface area contributed by atoms with Gasteiger partial charge in [-0.1, -0.05) is 39.7 Å². The molecule has 1 unspecified atom stereocenters. The lowest BCUT2D eigenvalue weighted by Gasteiger charge is -2.12. The van der Waals surface area contributed by atoms with E-state index in [-0.39, 0.29) is 10.8 Å². The number of hydrogen-bond acceptors (Lipinski definition) is 2. The molecule has 0 aliphatic rings. The summed E-state index contributed by atoms with van der Waals surface area (Å²) in [7, 11) is 0. The molecule has 2 nitrogen and oxygen atoms in total. The largest absolute Gasteiger partial charge is 0.465 e. The Labute approximate surface area is 98.8 Å². The van der Waals surface area contributed by atoms with Crippen LogP contribution in [0, 0.1) is 13.8 Å². The number of carbonyl (C=O) groups excluding carboxylic acids is 1. The second-order valence-corrected chi connectivity index (χ2v) is 4.39. The van der Waals surface area contributed by atoms with E-state index in [2.05, 4.69) is 15.9 Å². The second-order valence-electron chi connectivity index (χ2n) is 3.47. The molecule has 0 aliphatic heterocycles. The van der Waals surface area contributed by atoms with Crippen molar-refractivity contribution in [3.63, 3.8) is 0 Å². The zero-order valence-electron chi connectivity index (χ0n) is 9.21. The molecule has 0 heterocycles. The van der Waals surface area contributed by atoms with E-state index in [0.29, 0.717) is 6.61 Å². The van der Waals surface area contributed by atoms with E-state index in [1.807, 2.05) is 32.0 Å². The third kappa shape index (κ3) is 3.06. The number of ether oxygens (including phenoxy) is 1. The minimum absolute atomic E-state index is 0.230. The predicted octanol–water partition coefficient (Wildman–Crippen LogP) is 3.30. The molecule has 0 radical (unpaired) electrons. The van der Waals surface area contributed by atoms with E-state index in [9.17, 15) is 4.79 Å². The first-order valence-corrected chi connectivity index (χ1v) is 5.85. The molecule has 1 aromatic rings. The van der Waals surface area contributed by atoms with Gasteiger partial charge in [-0.25, -0.2) is 0 Å². The molecule has 3 heteroatoms. The molecule has 0 saturated carbocycles. The third-order valence-corrected chi connectivity index (χ3v) is 3.07. The summed E-state index contributed by atoms with van der Waals surface area (Å²) in [6.45, 7) is 6.21. The normalized spacial score (nSPS) is 12.3. The summed E-state index contributed by atoms with van der Waals surface area (Å²) in [5, 5.41) is 0. The van der Waals surface area contributed by atoms with Crippen LogP contribution in [0.15, 0.2) is 18.2 Å². The Morgan fingerprint density at radius 1 is 1.47 bits per heavy atom. The quantitative estimate of drug-likeness (QED) is 0.622. The minimum Gasteiger partial charge on any atom is -0.465 e. The Hall–Kier alpha value is -0.830. The minimum atomic E-state index is -0.364. The van der Waals surface area contributed by atoms with Crippen molar-refractivity contribution in [1.82, 2.24) is 0 Å². The topological polar surface area (TPSA) is 26.3 Å². The molecule has 0 aliphatic carbocycles. The number of rotatable bonds is 3. The third-order valence-electron chi connectivity index (χ3n) is 2.20. The van der Waals surface area contributed by atoms with Crippen LogP contribution in [-0.2, 0) is 9.53 Å². The van der Waals surface area contributed by atoms with Crippen LogP contribution in [0.4, 0.5) is 0 Å². The molecule has 82 valence electrons. The summed E-state index contributed by atoms with van der Waals surface area (Å²) in [4.78, 5) is 11.2. The maximum Gasteiger partial charge on any atom is 0.324 e. The Bertz CT molecular complexity index is 361. The van der Waals surface area contributed by atoms with Gasteiger partial charge in [-0.15, -0.1) is 0 Å². The van der Waals surface area contributed by atoms with Crippen molar-refractivity contribution in [2.75, 3.05) is 6.61 Å². The summed E-state index contributed by atoms with van der Waals surface area (Å²) >= 11 is 3.36. The fourth-order valence-electron chi connectivity index (χ4n) is 1.38. The fourth-order valence-corrected chi connectivity index (χ4v) is 2.00. The SMILES string of the molecule is CCOC(=O)C(Br)c1cc(C)ccc1C. The highest BCUT2D eigenvalue weighted by molar-refractivity contribution is 9.09. The summed E-state index contributed by atoms with van der Waals surface area (Å²) in [5.74, 6) is -0.230. The van der Waals surface area contributed by atoms with Gasteiger partial charge in [0, 0.05) is 0 Å². The van der Waals surface area contributed by atoms with Gasteiger partial charge >= 0.3 is 5.97 Å². The number of benzene rings is 1. The van der Waals surface area contributed by atoms with Crippen molar-refractivity contribution in [3.05, 3.63) is 34.9 Å². The molecule has 1 rings (SSSR count). The summed E-state index contributed by atoms with van der Waals surface area (Å²) in [5.41, 5.74) is 3.22. The Kier molecular flexibility index (Phi) is 4.33. The van der Waals surface area contributed by atoms with E-state index in [1.165, 1.54) is 0 Å². The van der Waals surface area contributed by atoms with Crippen molar-refractivity contribution < 1.29 is 9.53 Å². The first-order chi connectivity index (χ1) is 7.06. The van der Waals surface area contributed by atoms with Gasteiger partial charge in [0.15, 0.2) is 0 Å². The Morgan fingerprint density at radius 3 is 2.73 bits per heavy atom. The summed E-state index contributed by atoms with van der Waals surface area (Å²) in [6.07, 6.45) is 0.